The van der Waals surface area contributed by atoms with Crippen molar-refractivity contribution in [3.05, 3.63) is 41.2 Å². The first kappa shape index (κ1) is 17.1. The number of H-pyrrole nitrogens is 1. The molecule has 0 aliphatic rings. The molecule has 0 amide bonds. The van der Waals surface area contributed by atoms with Crippen LogP contribution in [0.15, 0.2) is 35.6 Å². The van der Waals surface area contributed by atoms with Gasteiger partial charge in [0.1, 0.15) is 0 Å². The van der Waals surface area contributed by atoms with Crippen LogP contribution in [0, 0.1) is 0 Å². The van der Waals surface area contributed by atoms with Gasteiger partial charge in [-0.15, -0.1) is 0 Å². The van der Waals surface area contributed by atoms with Gasteiger partial charge < -0.3 is 14.4 Å². The molecule has 0 radical (unpaired) electrons. The minimum Gasteiger partial charge on any atom is -0.422 e. The lowest BCUT2D eigenvalue weighted by molar-refractivity contribution is 0.109. The van der Waals surface area contributed by atoms with Gasteiger partial charge in [-0.1, -0.05) is 0 Å². The van der Waals surface area contributed by atoms with Crippen molar-refractivity contribution in [1.82, 2.24) is 29.6 Å². The lowest BCUT2D eigenvalue weighted by Gasteiger charge is -2.09. The highest BCUT2D eigenvalue weighted by Crippen LogP contribution is 2.17. The van der Waals surface area contributed by atoms with Gasteiger partial charge >= 0.3 is 6.01 Å². The van der Waals surface area contributed by atoms with Gasteiger partial charge in [-0.3, -0.25) is 19.4 Å². The van der Waals surface area contributed by atoms with Crippen molar-refractivity contribution in [1.29, 1.82) is 0 Å². The van der Waals surface area contributed by atoms with E-state index < -0.39 is 0 Å². The zero-order valence-electron chi connectivity index (χ0n) is 14.2. The van der Waals surface area contributed by atoms with Crippen LogP contribution in [0.3, 0.4) is 0 Å². The third kappa shape index (κ3) is 4.61. The smallest absolute Gasteiger partial charge is 0.302 e. The summed E-state index contributed by atoms with van der Waals surface area (Å²) in [7, 11) is 4.00. The summed E-state index contributed by atoms with van der Waals surface area (Å²) >= 11 is 0. The molecule has 0 aliphatic heterocycles. The van der Waals surface area contributed by atoms with Crippen LogP contribution in [0.5, 0.6) is 11.8 Å². The van der Waals surface area contributed by atoms with Crippen LogP contribution in [-0.4, -0.2) is 63.5 Å². The molecule has 0 spiro atoms. The monoisotopic (exact) mass is 344 g/mol. The summed E-state index contributed by atoms with van der Waals surface area (Å²) in [5.41, 5.74) is 0.201. The molecular formula is C16H20N6O3. The van der Waals surface area contributed by atoms with E-state index in [9.17, 15) is 4.79 Å². The van der Waals surface area contributed by atoms with Gasteiger partial charge in [0.25, 0.3) is 5.56 Å². The predicted octanol–water partition coefficient (Wildman–Crippen LogP) is 0.885. The highest BCUT2D eigenvalue weighted by Gasteiger charge is 2.07. The number of pyridine rings is 1. The molecule has 3 aromatic heterocycles. The number of aromatic nitrogens is 5. The third-order valence-electron chi connectivity index (χ3n) is 3.46. The quantitative estimate of drug-likeness (QED) is 0.606. The molecule has 9 heteroatoms. The Balaban J connectivity index is 1.59. The van der Waals surface area contributed by atoms with Gasteiger partial charge in [-0.25, -0.2) is 0 Å². The molecule has 1 N–H and O–H groups in total. The Hall–Kier alpha value is -2.78. The molecule has 0 saturated heterocycles. The van der Waals surface area contributed by atoms with E-state index in [1.54, 1.807) is 29.3 Å². The molecule has 132 valence electrons. The van der Waals surface area contributed by atoms with E-state index in [0.717, 1.165) is 6.54 Å². The number of nitrogens with one attached hydrogen (secondary N) is 1. The molecule has 0 aromatic carbocycles. The highest BCUT2D eigenvalue weighted by molar-refractivity contribution is 5.76. The molecule has 3 aromatic rings. The minimum atomic E-state index is -0.274. The van der Waals surface area contributed by atoms with Crippen molar-refractivity contribution in [2.24, 2.45) is 0 Å². The van der Waals surface area contributed by atoms with Crippen LogP contribution in [0.2, 0.25) is 0 Å². The maximum atomic E-state index is 12.0. The van der Waals surface area contributed by atoms with Crippen molar-refractivity contribution < 1.29 is 9.47 Å². The van der Waals surface area contributed by atoms with Gasteiger partial charge in [-0.05, 0) is 20.2 Å². The Kier molecular flexibility index (Phi) is 5.36. The first-order valence-electron chi connectivity index (χ1n) is 7.88. The van der Waals surface area contributed by atoms with E-state index in [2.05, 4.69) is 25.0 Å². The Morgan fingerprint density at radius 3 is 3.00 bits per heavy atom. The van der Waals surface area contributed by atoms with Gasteiger partial charge in [0.2, 0.25) is 0 Å². The topological polar surface area (TPSA) is 98.2 Å². The molecule has 25 heavy (non-hydrogen) atoms. The first-order valence-corrected chi connectivity index (χ1v) is 7.88. The highest BCUT2D eigenvalue weighted by atomic mass is 16.5. The molecule has 0 bridgehead atoms. The number of hydrogen-bond acceptors (Lipinski definition) is 7. The van der Waals surface area contributed by atoms with Crippen LogP contribution in [-0.2, 0) is 11.3 Å². The summed E-state index contributed by atoms with van der Waals surface area (Å²) in [4.78, 5) is 24.9. The van der Waals surface area contributed by atoms with Crippen LogP contribution < -0.4 is 10.3 Å². The molecule has 3 rings (SSSR count). The number of hydrogen-bond donors (Lipinski definition) is 1. The van der Waals surface area contributed by atoms with Crippen LogP contribution >= 0.6 is 0 Å². The lowest BCUT2D eigenvalue weighted by atomic mass is 10.3. The summed E-state index contributed by atoms with van der Waals surface area (Å²) < 4.78 is 12.8. The largest absolute Gasteiger partial charge is 0.422 e. The zero-order chi connectivity index (χ0) is 17.6. The normalized spacial score (nSPS) is 11.3. The fourth-order valence-electron chi connectivity index (χ4n) is 2.16. The van der Waals surface area contributed by atoms with Gasteiger partial charge in [0, 0.05) is 12.7 Å². The average molecular weight is 344 g/mol. The average Bonchev–Trinajstić information content (AvgIpc) is 3.01. The van der Waals surface area contributed by atoms with E-state index in [1.807, 2.05) is 14.1 Å². The standard InChI is InChI=1S/C16H20N6O3/c1-21(2)5-7-24-8-6-22-11-12(9-18-22)25-16-19-14-10-17-4-3-13(14)15(23)20-16/h3-4,9-11H,5-8H2,1-2H3,(H,19,20,23). The van der Waals surface area contributed by atoms with E-state index >= 15 is 0 Å². The predicted molar refractivity (Wildman–Crippen MR) is 91.8 cm³/mol. The second-order valence-corrected chi connectivity index (χ2v) is 5.72. The van der Waals surface area contributed by atoms with E-state index in [-0.39, 0.29) is 11.6 Å². The molecule has 0 fully saturated rings. The third-order valence-corrected chi connectivity index (χ3v) is 3.46. The Bertz CT molecular complexity index is 889. The molecule has 3 heterocycles. The van der Waals surface area contributed by atoms with Crippen LogP contribution in [0.4, 0.5) is 0 Å². The Labute approximate surface area is 144 Å². The number of nitrogens with zero attached hydrogens (tertiary/aromatic N) is 5. The summed E-state index contributed by atoms with van der Waals surface area (Å²) in [5.74, 6) is 0.486. The molecule has 9 nitrogen and oxygen atoms in total. The molecule has 0 saturated carbocycles. The summed E-state index contributed by atoms with van der Waals surface area (Å²) in [6.07, 6.45) is 6.35. The van der Waals surface area contributed by atoms with Crippen molar-refractivity contribution >= 4 is 10.9 Å². The SMILES string of the molecule is CN(C)CCOCCn1cc(Oc2nc3cnccc3c(=O)[nH]2)cn1. The summed E-state index contributed by atoms with van der Waals surface area (Å²) in [6, 6.07) is 1.71. The summed E-state index contributed by atoms with van der Waals surface area (Å²) in [5, 5.41) is 4.66. The van der Waals surface area contributed by atoms with E-state index in [4.69, 9.17) is 9.47 Å². The number of fused-ring (bicyclic) bond motifs is 1. The first-order chi connectivity index (χ1) is 12.1. The number of ether oxygens (including phenoxy) is 2. The van der Waals surface area contributed by atoms with Crippen LogP contribution in [0.1, 0.15) is 0 Å². The number of aromatic amines is 1. The zero-order valence-corrected chi connectivity index (χ0v) is 14.2. The molecule has 0 atom stereocenters. The van der Waals surface area contributed by atoms with E-state index in [0.29, 0.717) is 36.4 Å². The summed E-state index contributed by atoms with van der Waals surface area (Å²) in [6.45, 7) is 2.73. The number of rotatable bonds is 8. The fourth-order valence-corrected chi connectivity index (χ4v) is 2.16. The second-order valence-electron chi connectivity index (χ2n) is 5.72. The van der Waals surface area contributed by atoms with E-state index in [1.165, 1.54) is 6.20 Å². The van der Waals surface area contributed by atoms with Gasteiger partial charge in [0.05, 0.1) is 49.3 Å². The van der Waals surface area contributed by atoms with Gasteiger partial charge in [-0.2, -0.15) is 10.1 Å². The van der Waals surface area contributed by atoms with Crippen molar-refractivity contribution in [2.75, 3.05) is 33.9 Å². The molecular weight excluding hydrogens is 324 g/mol. The number of likely N-dealkylation sites (N-methyl/N-ethyl adjacent to an activating group) is 1. The molecule has 0 aliphatic carbocycles. The Morgan fingerprint density at radius 2 is 2.16 bits per heavy atom. The molecule has 0 unspecified atom stereocenters. The van der Waals surface area contributed by atoms with Crippen molar-refractivity contribution in [3.63, 3.8) is 0 Å². The Morgan fingerprint density at radius 1 is 1.28 bits per heavy atom. The fraction of sp³-hybridized carbons (Fsp3) is 0.375. The van der Waals surface area contributed by atoms with Gasteiger partial charge in [0.15, 0.2) is 5.75 Å². The lowest BCUT2D eigenvalue weighted by Crippen LogP contribution is -2.19. The maximum Gasteiger partial charge on any atom is 0.302 e. The van der Waals surface area contributed by atoms with Crippen LogP contribution in [0.25, 0.3) is 10.9 Å². The van der Waals surface area contributed by atoms with Crippen molar-refractivity contribution in [3.8, 4) is 11.8 Å². The van der Waals surface area contributed by atoms with Crippen molar-refractivity contribution in [2.45, 2.75) is 6.54 Å². The minimum absolute atomic E-state index is 0.104. The maximum absolute atomic E-state index is 12.0. The second kappa shape index (κ2) is 7.86.